The lowest BCUT2D eigenvalue weighted by Crippen LogP contribution is -2.19. The molecule has 6 heteroatoms. The van der Waals surface area contributed by atoms with Gasteiger partial charge in [0.2, 0.25) is 0 Å². The fourth-order valence-electron chi connectivity index (χ4n) is 2.11. The number of hydrogen-bond donors (Lipinski definition) is 1. The minimum Gasteiger partial charge on any atom is -0.482 e. The van der Waals surface area contributed by atoms with E-state index in [-0.39, 0.29) is 12.5 Å². The van der Waals surface area contributed by atoms with Crippen molar-refractivity contribution >= 4 is 17.6 Å². The molecule has 6 nitrogen and oxygen atoms in total. The molecule has 1 amide bonds. The molecule has 0 unspecified atom stereocenters. The van der Waals surface area contributed by atoms with Crippen LogP contribution in [0.5, 0.6) is 5.75 Å². The van der Waals surface area contributed by atoms with Gasteiger partial charge in [-0.25, -0.2) is 10.2 Å². The maximum Gasteiger partial charge on any atom is 0.344 e. The summed E-state index contributed by atoms with van der Waals surface area (Å²) in [5.74, 6) is -0.280. The predicted molar refractivity (Wildman–Crippen MR) is 99.4 cm³/mol. The van der Waals surface area contributed by atoms with E-state index in [2.05, 4.69) is 10.5 Å². The lowest BCUT2D eigenvalue weighted by Gasteiger charge is -2.07. The van der Waals surface area contributed by atoms with Gasteiger partial charge in [0.1, 0.15) is 5.75 Å². The summed E-state index contributed by atoms with van der Waals surface area (Å²) < 4.78 is 10.1. The number of benzene rings is 2. The number of carbonyl (C=O) groups excluding carboxylic acids is 2. The summed E-state index contributed by atoms with van der Waals surface area (Å²) in [4.78, 5) is 23.4. The van der Waals surface area contributed by atoms with Crippen molar-refractivity contribution in [2.75, 3.05) is 13.2 Å². The van der Waals surface area contributed by atoms with Crippen LogP contribution in [0.4, 0.5) is 0 Å². The number of esters is 1. The topological polar surface area (TPSA) is 77.0 Å². The number of hydrazone groups is 1. The van der Waals surface area contributed by atoms with E-state index in [1.165, 1.54) is 0 Å². The molecular weight excluding hydrogens is 332 g/mol. The second-order valence-electron chi connectivity index (χ2n) is 5.62. The Morgan fingerprint density at radius 2 is 1.62 bits per heavy atom. The third-order valence-electron chi connectivity index (χ3n) is 3.57. The van der Waals surface area contributed by atoms with Crippen LogP contribution < -0.4 is 10.2 Å². The highest BCUT2D eigenvalue weighted by molar-refractivity contribution is 6.00. The van der Waals surface area contributed by atoms with Gasteiger partial charge in [-0.15, -0.1) is 0 Å². The molecule has 136 valence electrons. The molecule has 2 aromatic carbocycles. The molecule has 0 aliphatic carbocycles. The van der Waals surface area contributed by atoms with E-state index < -0.39 is 5.97 Å². The summed E-state index contributed by atoms with van der Waals surface area (Å²) in [7, 11) is 0. The first-order valence-electron chi connectivity index (χ1n) is 8.29. The second-order valence-corrected chi connectivity index (χ2v) is 5.62. The summed E-state index contributed by atoms with van der Waals surface area (Å²) in [5, 5.41) is 4.13. The standard InChI is InChI=1S/C20H22N2O4/c1-4-25-19(23)13-26-18-11-9-17(10-12-18)20(24)22-21-15(3)16-7-5-14(2)6-8-16/h5-12H,4,13H2,1-3H3,(H,22,24)/b21-15+. The summed E-state index contributed by atoms with van der Waals surface area (Å²) >= 11 is 0. The number of nitrogens with one attached hydrogen (secondary N) is 1. The summed E-state index contributed by atoms with van der Waals surface area (Å²) in [5.41, 5.74) is 5.79. The lowest BCUT2D eigenvalue weighted by molar-refractivity contribution is -0.145. The van der Waals surface area contributed by atoms with Crippen molar-refractivity contribution in [1.82, 2.24) is 5.43 Å². The van der Waals surface area contributed by atoms with Gasteiger partial charge >= 0.3 is 5.97 Å². The molecule has 0 aliphatic rings. The molecule has 26 heavy (non-hydrogen) atoms. The van der Waals surface area contributed by atoms with E-state index in [1.807, 2.05) is 38.1 Å². The zero-order chi connectivity index (χ0) is 18.9. The largest absolute Gasteiger partial charge is 0.482 e. The maximum atomic E-state index is 12.2. The van der Waals surface area contributed by atoms with Gasteiger partial charge in [-0.3, -0.25) is 4.79 Å². The first-order valence-corrected chi connectivity index (χ1v) is 8.29. The Hall–Kier alpha value is -3.15. The molecule has 0 radical (unpaired) electrons. The molecule has 0 fully saturated rings. The molecule has 0 heterocycles. The van der Waals surface area contributed by atoms with Crippen LogP contribution in [-0.2, 0) is 9.53 Å². The summed E-state index contributed by atoms with van der Waals surface area (Å²) in [6.07, 6.45) is 0. The van der Waals surface area contributed by atoms with E-state index in [9.17, 15) is 9.59 Å². The van der Waals surface area contributed by atoms with Crippen LogP contribution in [0, 0.1) is 6.92 Å². The summed E-state index contributed by atoms with van der Waals surface area (Å²) in [6.45, 7) is 5.72. The van der Waals surface area contributed by atoms with Gasteiger partial charge in [0.15, 0.2) is 6.61 Å². The van der Waals surface area contributed by atoms with Crippen LogP contribution in [0.1, 0.15) is 35.3 Å². The van der Waals surface area contributed by atoms with E-state index in [0.29, 0.717) is 23.6 Å². The van der Waals surface area contributed by atoms with Crippen LogP contribution in [-0.4, -0.2) is 30.8 Å². The highest BCUT2D eigenvalue weighted by Crippen LogP contribution is 2.12. The normalized spacial score (nSPS) is 11.0. The zero-order valence-electron chi connectivity index (χ0n) is 15.1. The Morgan fingerprint density at radius 1 is 1.00 bits per heavy atom. The van der Waals surface area contributed by atoms with Gasteiger partial charge in [-0.05, 0) is 50.6 Å². The van der Waals surface area contributed by atoms with E-state index in [4.69, 9.17) is 9.47 Å². The predicted octanol–water partition coefficient (Wildman–Crippen LogP) is 3.09. The molecule has 0 bridgehead atoms. The van der Waals surface area contributed by atoms with E-state index in [0.717, 1.165) is 11.1 Å². The fourth-order valence-corrected chi connectivity index (χ4v) is 2.11. The molecule has 0 spiro atoms. The SMILES string of the molecule is CCOC(=O)COc1ccc(C(=O)N/N=C(\C)c2ccc(C)cc2)cc1. The first kappa shape index (κ1) is 19.2. The van der Waals surface area contributed by atoms with Crippen molar-refractivity contribution in [2.45, 2.75) is 20.8 Å². The van der Waals surface area contributed by atoms with Crippen molar-refractivity contribution < 1.29 is 19.1 Å². The van der Waals surface area contributed by atoms with E-state index >= 15 is 0 Å². The van der Waals surface area contributed by atoms with Crippen LogP contribution >= 0.6 is 0 Å². The Morgan fingerprint density at radius 3 is 2.23 bits per heavy atom. The van der Waals surface area contributed by atoms with Crippen molar-refractivity contribution in [1.29, 1.82) is 0 Å². The monoisotopic (exact) mass is 354 g/mol. The number of amides is 1. The molecule has 0 aromatic heterocycles. The molecule has 0 atom stereocenters. The first-order chi connectivity index (χ1) is 12.5. The van der Waals surface area contributed by atoms with Gasteiger partial charge in [0, 0.05) is 5.56 Å². The van der Waals surface area contributed by atoms with Crippen LogP contribution in [0.2, 0.25) is 0 Å². The fraction of sp³-hybridized carbons (Fsp3) is 0.250. The molecule has 2 rings (SSSR count). The maximum absolute atomic E-state index is 12.2. The van der Waals surface area contributed by atoms with Crippen molar-refractivity contribution in [2.24, 2.45) is 5.10 Å². The van der Waals surface area contributed by atoms with Gasteiger partial charge in [0.05, 0.1) is 12.3 Å². The third-order valence-corrected chi connectivity index (χ3v) is 3.57. The highest BCUT2D eigenvalue weighted by atomic mass is 16.6. The number of ether oxygens (including phenoxy) is 2. The second kappa shape index (κ2) is 9.36. The average Bonchev–Trinajstić information content (AvgIpc) is 2.65. The number of hydrogen-bond acceptors (Lipinski definition) is 5. The number of rotatable bonds is 7. The van der Waals surface area contributed by atoms with Crippen LogP contribution in [0.25, 0.3) is 0 Å². The van der Waals surface area contributed by atoms with Crippen molar-refractivity contribution in [3.05, 3.63) is 65.2 Å². The molecule has 1 N–H and O–H groups in total. The van der Waals surface area contributed by atoms with E-state index in [1.54, 1.807) is 31.2 Å². The average molecular weight is 354 g/mol. The van der Waals surface area contributed by atoms with Gasteiger partial charge in [0.25, 0.3) is 5.91 Å². The Labute approximate surface area is 152 Å². The van der Waals surface area contributed by atoms with Crippen molar-refractivity contribution in [3.8, 4) is 5.75 Å². The van der Waals surface area contributed by atoms with Crippen LogP contribution in [0.15, 0.2) is 53.6 Å². The zero-order valence-corrected chi connectivity index (χ0v) is 15.1. The Balaban J connectivity index is 1.92. The quantitative estimate of drug-likeness (QED) is 0.471. The number of aryl methyl sites for hydroxylation is 1. The minimum absolute atomic E-state index is 0.167. The molecule has 0 saturated carbocycles. The van der Waals surface area contributed by atoms with Gasteiger partial charge in [-0.1, -0.05) is 29.8 Å². The molecule has 2 aromatic rings. The Bertz CT molecular complexity index is 780. The smallest absolute Gasteiger partial charge is 0.344 e. The summed E-state index contributed by atoms with van der Waals surface area (Å²) in [6, 6.07) is 14.3. The molecule has 0 saturated heterocycles. The highest BCUT2D eigenvalue weighted by Gasteiger charge is 2.07. The van der Waals surface area contributed by atoms with Gasteiger partial charge < -0.3 is 9.47 Å². The van der Waals surface area contributed by atoms with Gasteiger partial charge in [-0.2, -0.15) is 5.10 Å². The Kier molecular flexibility index (Phi) is 6.91. The lowest BCUT2D eigenvalue weighted by atomic mass is 10.1. The third kappa shape index (κ3) is 5.73. The molecule has 0 aliphatic heterocycles. The minimum atomic E-state index is -0.435. The van der Waals surface area contributed by atoms with Crippen molar-refractivity contribution in [3.63, 3.8) is 0 Å². The number of nitrogens with zero attached hydrogens (tertiary/aromatic N) is 1. The van der Waals surface area contributed by atoms with Crippen LogP contribution in [0.3, 0.4) is 0 Å². The molecular formula is C20H22N2O4. The number of carbonyl (C=O) groups is 2.